The largest absolute Gasteiger partial charge is 0.442 e. The van der Waals surface area contributed by atoms with E-state index in [0.29, 0.717) is 46.8 Å². The molecule has 0 spiro atoms. The van der Waals surface area contributed by atoms with Crippen LogP contribution in [0.15, 0.2) is 30.3 Å². The third-order valence-corrected chi connectivity index (χ3v) is 6.61. The minimum atomic E-state index is -0.576. The normalized spacial score (nSPS) is 18.7. The third-order valence-electron chi connectivity index (χ3n) is 5.39. The number of piperazine rings is 1. The van der Waals surface area contributed by atoms with Crippen molar-refractivity contribution in [2.45, 2.75) is 13.0 Å². The van der Waals surface area contributed by atoms with Crippen LogP contribution in [0.1, 0.15) is 16.6 Å². The number of hydrogen-bond donors (Lipinski definition) is 1. The molecule has 1 N–H and O–H groups in total. The van der Waals surface area contributed by atoms with Crippen molar-refractivity contribution < 1.29 is 23.5 Å². The van der Waals surface area contributed by atoms with Gasteiger partial charge in [-0.1, -0.05) is 11.6 Å². The predicted molar refractivity (Wildman–Crippen MR) is 120 cm³/mol. The van der Waals surface area contributed by atoms with Crippen LogP contribution in [0.5, 0.6) is 0 Å². The van der Waals surface area contributed by atoms with Gasteiger partial charge in [0, 0.05) is 33.1 Å². The molecule has 0 aliphatic carbocycles. The molecule has 32 heavy (non-hydrogen) atoms. The fourth-order valence-corrected chi connectivity index (χ4v) is 4.76. The van der Waals surface area contributed by atoms with Gasteiger partial charge in [0.25, 0.3) is 5.91 Å². The quantitative estimate of drug-likeness (QED) is 0.711. The van der Waals surface area contributed by atoms with Gasteiger partial charge in [-0.15, -0.1) is 11.3 Å². The molecule has 0 bridgehead atoms. The van der Waals surface area contributed by atoms with Crippen LogP contribution < -0.4 is 15.1 Å². The molecule has 8 nitrogen and oxygen atoms in total. The number of benzene rings is 1. The molecule has 2 saturated heterocycles. The van der Waals surface area contributed by atoms with Gasteiger partial charge in [0.15, 0.2) is 0 Å². The van der Waals surface area contributed by atoms with Crippen molar-refractivity contribution in [3.05, 3.63) is 45.4 Å². The topological polar surface area (TPSA) is 82.2 Å². The first-order valence-electron chi connectivity index (χ1n) is 10.1. The number of hydrogen-bond acceptors (Lipinski definition) is 6. The molecule has 2 aromatic rings. The number of nitrogens with one attached hydrogen (secondary N) is 1. The highest BCUT2D eigenvalue weighted by Gasteiger charge is 2.33. The van der Waals surface area contributed by atoms with E-state index in [1.807, 2.05) is 4.90 Å². The van der Waals surface area contributed by atoms with Gasteiger partial charge in [0.1, 0.15) is 11.9 Å². The van der Waals surface area contributed by atoms with E-state index in [-0.39, 0.29) is 24.9 Å². The Morgan fingerprint density at radius 3 is 2.59 bits per heavy atom. The second-order valence-corrected chi connectivity index (χ2v) is 9.29. The summed E-state index contributed by atoms with van der Waals surface area (Å²) in [6.07, 6.45) is -1.06. The van der Waals surface area contributed by atoms with Crippen molar-refractivity contribution >= 4 is 52.2 Å². The minimum absolute atomic E-state index is 0.0706. The highest BCUT2D eigenvalue weighted by molar-refractivity contribution is 7.17. The van der Waals surface area contributed by atoms with Gasteiger partial charge in [0.05, 0.1) is 33.7 Å². The van der Waals surface area contributed by atoms with Gasteiger partial charge >= 0.3 is 6.09 Å². The molecule has 0 saturated carbocycles. The summed E-state index contributed by atoms with van der Waals surface area (Å²) in [5.74, 6) is -0.736. The summed E-state index contributed by atoms with van der Waals surface area (Å²) in [4.78, 5) is 41.3. The molecule has 170 valence electrons. The van der Waals surface area contributed by atoms with Crippen LogP contribution in [0, 0.1) is 5.82 Å². The van der Waals surface area contributed by atoms with Gasteiger partial charge in [-0.3, -0.25) is 14.5 Å². The maximum Gasteiger partial charge on any atom is 0.414 e. The Morgan fingerprint density at radius 2 is 1.97 bits per heavy atom. The van der Waals surface area contributed by atoms with E-state index in [9.17, 15) is 18.8 Å². The number of halogens is 2. The van der Waals surface area contributed by atoms with E-state index in [2.05, 4.69) is 5.32 Å². The Labute approximate surface area is 193 Å². The van der Waals surface area contributed by atoms with E-state index in [4.69, 9.17) is 16.3 Å². The zero-order valence-corrected chi connectivity index (χ0v) is 18.9. The number of carbonyl (C=O) groups is 3. The van der Waals surface area contributed by atoms with Crippen molar-refractivity contribution in [2.24, 2.45) is 0 Å². The number of carbonyl (C=O) groups excluding carboxylic acids is 3. The molecule has 3 amide bonds. The Hall–Kier alpha value is -2.85. The van der Waals surface area contributed by atoms with Crippen molar-refractivity contribution in [1.82, 2.24) is 10.2 Å². The zero-order valence-electron chi connectivity index (χ0n) is 17.3. The number of thiophene rings is 1. The molecule has 1 aromatic heterocycles. The second-order valence-electron chi connectivity index (χ2n) is 7.57. The smallest absolute Gasteiger partial charge is 0.414 e. The lowest BCUT2D eigenvalue weighted by molar-refractivity contribution is -0.119. The Kier molecular flexibility index (Phi) is 6.52. The molecule has 1 aromatic carbocycles. The molecule has 1 atom stereocenters. The van der Waals surface area contributed by atoms with Crippen LogP contribution in [0.4, 0.5) is 20.6 Å². The van der Waals surface area contributed by atoms with Crippen molar-refractivity contribution in [3.63, 3.8) is 0 Å². The molecule has 0 radical (unpaired) electrons. The van der Waals surface area contributed by atoms with E-state index in [1.165, 1.54) is 29.2 Å². The van der Waals surface area contributed by atoms with Crippen LogP contribution in [0.25, 0.3) is 0 Å². The van der Waals surface area contributed by atoms with E-state index < -0.39 is 18.0 Å². The maximum atomic E-state index is 14.9. The average Bonchev–Trinajstić information content (AvgIpc) is 3.37. The number of anilines is 2. The van der Waals surface area contributed by atoms with Crippen LogP contribution >= 0.6 is 22.9 Å². The molecular formula is C21H22ClFN4O4S. The lowest BCUT2D eigenvalue weighted by atomic mass is 10.2. The van der Waals surface area contributed by atoms with Gasteiger partial charge in [-0.05, 0) is 30.3 Å². The first kappa shape index (κ1) is 22.3. The summed E-state index contributed by atoms with van der Waals surface area (Å²) in [5, 5.41) is 2.61. The molecule has 3 heterocycles. The monoisotopic (exact) mass is 480 g/mol. The molecular weight excluding hydrogens is 459 g/mol. The van der Waals surface area contributed by atoms with Gasteiger partial charge in [-0.25, -0.2) is 9.18 Å². The molecule has 11 heteroatoms. The Morgan fingerprint density at radius 1 is 1.22 bits per heavy atom. The molecule has 4 rings (SSSR count). The second kappa shape index (κ2) is 9.33. The number of rotatable bonds is 5. The minimum Gasteiger partial charge on any atom is -0.442 e. The molecule has 2 aliphatic rings. The predicted octanol–water partition coefficient (Wildman–Crippen LogP) is 2.96. The van der Waals surface area contributed by atoms with Crippen LogP contribution in [0.3, 0.4) is 0 Å². The molecule has 0 unspecified atom stereocenters. The van der Waals surface area contributed by atoms with Crippen molar-refractivity contribution in [2.75, 3.05) is 49.1 Å². The van der Waals surface area contributed by atoms with Gasteiger partial charge < -0.3 is 19.9 Å². The number of cyclic esters (lactones) is 1. The number of ether oxygens (including phenoxy) is 1. The van der Waals surface area contributed by atoms with E-state index >= 15 is 0 Å². The molecule has 2 aliphatic heterocycles. The lowest BCUT2D eigenvalue weighted by Crippen LogP contribution is -2.48. The van der Waals surface area contributed by atoms with Crippen molar-refractivity contribution in [3.8, 4) is 0 Å². The fraction of sp³-hybridized carbons (Fsp3) is 0.381. The summed E-state index contributed by atoms with van der Waals surface area (Å²) < 4.78 is 20.7. The van der Waals surface area contributed by atoms with Gasteiger partial charge in [-0.2, -0.15) is 0 Å². The lowest BCUT2D eigenvalue weighted by Gasteiger charge is -2.36. The molecule has 2 fully saturated rings. The standard InChI is InChI=1S/C21H22ClFN4O4S/c1-13(28)24-11-15-12-27(21(30)31-15)14-2-3-17(16(23)10-14)25-6-8-26(9-7-25)20(29)18-4-5-19(22)32-18/h2-5,10,15H,6-9,11-12H2,1H3,(H,24,28)/t15-/m0/s1. The first-order chi connectivity index (χ1) is 15.3. The summed E-state index contributed by atoms with van der Waals surface area (Å²) in [5.41, 5.74) is 0.812. The number of amides is 3. The fourth-order valence-electron chi connectivity index (χ4n) is 3.75. The van der Waals surface area contributed by atoms with Crippen LogP contribution in [-0.2, 0) is 9.53 Å². The van der Waals surface area contributed by atoms with E-state index in [0.717, 1.165) is 0 Å². The Balaban J connectivity index is 1.37. The Bertz CT molecular complexity index is 1040. The third kappa shape index (κ3) is 4.81. The average molecular weight is 481 g/mol. The van der Waals surface area contributed by atoms with Crippen LogP contribution in [-0.4, -0.2) is 68.2 Å². The zero-order chi connectivity index (χ0) is 22.8. The number of nitrogens with zero attached hydrogens (tertiary/aromatic N) is 3. The summed E-state index contributed by atoms with van der Waals surface area (Å²) in [6, 6.07) is 8.03. The highest BCUT2D eigenvalue weighted by Crippen LogP contribution is 2.29. The summed E-state index contributed by atoms with van der Waals surface area (Å²) in [7, 11) is 0. The summed E-state index contributed by atoms with van der Waals surface area (Å²) in [6.45, 7) is 3.75. The van der Waals surface area contributed by atoms with Crippen molar-refractivity contribution in [1.29, 1.82) is 0 Å². The SMILES string of the molecule is CC(=O)NC[C@H]1CN(c2ccc(N3CCN(C(=O)c4ccc(Cl)s4)CC3)c(F)c2)C(=O)O1. The maximum absolute atomic E-state index is 14.9. The highest BCUT2D eigenvalue weighted by atomic mass is 35.5. The van der Waals surface area contributed by atoms with E-state index in [1.54, 1.807) is 29.2 Å². The summed E-state index contributed by atoms with van der Waals surface area (Å²) >= 11 is 7.16. The van der Waals surface area contributed by atoms with Gasteiger partial charge in [0.2, 0.25) is 5.91 Å². The van der Waals surface area contributed by atoms with Crippen LogP contribution in [0.2, 0.25) is 4.34 Å². The first-order valence-corrected chi connectivity index (χ1v) is 11.3.